The molecule has 2 atom stereocenters. The van der Waals surface area contributed by atoms with Crippen LogP contribution in [-0.4, -0.2) is 39.6 Å². The summed E-state index contributed by atoms with van der Waals surface area (Å²) in [6.07, 6.45) is 0. The molecule has 1 heterocycles. The Labute approximate surface area is 152 Å². The van der Waals surface area contributed by atoms with Gasteiger partial charge in [-0.25, -0.2) is 16.8 Å². The van der Waals surface area contributed by atoms with E-state index in [1.165, 1.54) is 24.3 Å². The number of hydrogen-bond donors (Lipinski definition) is 1. The zero-order valence-corrected chi connectivity index (χ0v) is 15.7. The molecular weight excluding hydrogens is 382 g/mol. The minimum Gasteiger partial charge on any atom is -0.308 e. The van der Waals surface area contributed by atoms with E-state index in [0.29, 0.717) is 11.6 Å². The van der Waals surface area contributed by atoms with Crippen LogP contribution >= 0.6 is 11.6 Å². The molecule has 5 nitrogen and oxygen atoms in total. The summed E-state index contributed by atoms with van der Waals surface area (Å²) in [5.74, 6) is -0.554. The van der Waals surface area contributed by atoms with Gasteiger partial charge in [0, 0.05) is 17.6 Å². The normalized spacial score (nSPS) is 22.8. The molecule has 3 rings (SSSR count). The van der Waals surface area contributed by atoms with Crippen molar-refractivity contribution in [2.75, 3.05) is 11.5 Å². The van der Waals surface area contributed by atoms with Crippen LogP contribution in [0.4, 0.5) is 0 Å². The fraction of sp³-hybridized carbons (Fsp3) is 0.294. The highest BCUT2D eigenvalue weighted by atomic mass is 35.5. The monoisotopic (exact) mass is 399 g/mol. The Bertz CT molecular complexity index is 942. The van der Waals surface area contributed by atoms with Crippen molar-refractivity contribution in [3.63, 3.8) is 0 Å². The molecule has 0 aromatic heterocycles. The minimum absolute atomic E-state index is 0.0884. The third kappa shape index (κ3) is 4.23. The first-order valence-corrected chi connectivity index (χ1v) is 11.5. The number of nitrogens with one attached hydrogen (secondary N) is 1. The minimum atomic E-state index is -3.78. The van der Waals surface area contributed by atoms with Crippen LogP contribution in [0.5, 0.6) is 0 Å². The van der Waals surface area contributed by atoms with Gasteiger partial charge in [-0.05, 0) is 29.8 Å². The van der Waals surface area contributed by atoms with Crippen LogP contribution in [-0.2, 0) is 26.2 Å². The van der Waals surface area contributed by atoms with E-state index < -0.39 is 31.0 Å². The SMILES string of the molecule is O=S1(=O)CC(NCc2ccccc2)C(S(=O)(=O)c2ccc(Cl)cc2)C1. The van der Waals surface area contributed by atoms with Gasteiger partial charge in [-0.15, -0.1) is 0 Å². The molecule has 1 aliphatic rings. The Balaban J connectivity index is 1.85. The maximum absolute atomic E-state index is 12.9. The van der Waals surface area contributed by atoms with Gasteiger partial charge >= 0.3 is 0 Å². The lowest BCUT2D eigenvalue weighted by atomic mass is 10.2. The standard InChI is InChI=1S/C17H18ClNO4S2/c18-14-6-8-15(9-7-14)25(22,23)17-12-24(20,21)11-16(17)19-10-13-4-2-1-3-5-13/h1-9,16-17,19H,10-12H2. The largest absolute Gasteiger partial charge is 0.308 e. The van der Waals surface area contributed by atoms with Crippen LogP contribution in [0.3, 0.4) is 0 Å². The molecule has 0 bridgehead atoms. The van der Waals surface area contributed by atoms with Crippen molar-refractivity contribution in [1.82, 2.24) is 5.32 Å². The van der Waals surface area contributed by atoms with Crippen molar-refractivity contribution in [2.45, 2.75) is 22.7 Å². The molecule has 2 aromatic carbocycles. The lowest BCUT2D eigenvalue weighted by Crippen LogP contribution is -2.43. The second kappa shape index (κ2) is 7.07. The fourth-order valence-electron chi connectivity index (χ4n) is 2.96. The van der Waals surface area contributed by atoms with Gasteiger partial charge in [-0.1, -0.05) is 41.9 Å². The highest BCUT2D eigenvalue weighted by Crippen LogP contribution is 2.27. The summed E-state index contributed by atoms with van der Waals surface area (Å²) in [7, 11) is -7.20. The van der Waals surface area contributed by atoms with E-state index in [1.54, 1.807) is 0 Å². The maximum Gasteiger partial charge on any atom is 0.183 e. The van der Waals surface area contributed by atoms with Crippen molar-refractivity contribution < 1.29 is 16.8 Å². The highest BCUT2D eigenvalue weighted by Gasteiger charge is 2.45. The average molecular weight is 400 g/mol. The molecule has 2 unspecified atom stereocenters. The first-order valence-electron chi connectivity index (χ1n) is 7.75. The summed E-state index contributed by atoms with van der Waals surface area (Å²) >= 11 is 5.81. The van der Waals surface area contributed by atoms with Crippen LogP contribution in [0, 0.1) is 0 Å². The average Bonchev–Trinajstić information content (AvgIpc) is 2.90. The first-order chi connectivity index (χ1) is 11.8. The van der Waals surface area contributed by atoms with Gasteiger partial charge in [0.25, 0.3) is 0 Å². The van der Waals surface area contributed by atoms with Gasteiger partial charge in [-0.2, -0.15) is 0 Å². The van der Waals surface area contributed by atoms with Crippen LogP contribution < -0.4 is 5.32 Å². The molecule has 25 heavy (non-hydrogen) atoms. The Kier molecular flexibility index (Phi) is 5.20. The van der Waals surface area contributed by atoms with Crippen molar-refractivity contribution in [1.29, 1.82) is 0 Å². The molecule has 0 spiro atoms. The van der Waals surface area contributed by atoms with E-state index in [1.807, 2.05) is 30.3 Å². The number of rotatable bonds is 5. The zero-order chi connectivity index (χ0) is 18.1. The molecular formula is C17H18ClNO4S2. The fourth-order valence-corrected chi connectivity index (χ4v) is 7.80. The van der Waals surface area contributed by atoms with Gasteiger partial charge in [0.1, 0.15) is 0 Å². The Morgan fingerprint density at radius 3 is 2.28 bits per heavy atom. The maximum atomic E-state index is 12.9. The molecule has 8 heteroatoms. The second-order valence-corrected chi connectivity index (χ2v) is 10.8. The lowest BCUT2D eigenvalue weighted by molar-refractivity contribution is 0.526. The van der Waals surface area contributed by atoms with Gasteiger partial charge < -0.3 is 5.32 Å². The highest BCUT2D eigenvalue weighted by molar-refractivity contribution is 7.96. The summed E-state index contributed by atoms with van der Waals surface area (Å²) in [6.45, 7) is 0.410. The van der Waals surface area contributed by atoms with Gasteiger partial charge in [0.05, 0.1) is 21.7 Å². The zero-order valence-electron chi connectivity index (χ0n) is 13.3. The molecule has 2 aromatic rings. The quantitative estimate of drug-likeness (QED) is 0.832. The summed E-state index contributed by atoms with van der Waals surface area (Å²) < 4.78 is 50.0. The Morgan fingerprint density at radius 1 is 1.00 bits per heavy atom. The lowest BCUT2D eigenvalue weighted by Gasteiger charge is -2.20. The van der Waals surface area contributed by atoms with E-state index in [2.05, 4.69) is 5.32 Å². The van der Waals surface area contributed by atoms with Gasteiger partial charge in [0.15, 0.2) is 19.7 Å². The van der Waals surface area contributed by atoms with Crippen molar-refractivity contribution >= 4 is 31.3 Å². The first kappa shape index (κ1) is 18.4. The molecule has 0 aliphatic carbocycles. The van der Waals surface area contributed by atoms with Gasteiger partial charge in [-0.3, -0.25) is 0 Å². The van der Waals surface area contributed by atoms with Crippen LogP contribution in [0.15, 0.2) is 59.5 Å². The molecule has 1 fully saturated rings. The number of benzene rings is 2. The molecule has 0 amide bonds. The van der Waals surface area contributed by atoms with E-state index in [-0.39, 0.29) is 16.4 Å². The van der Waals surface area contributed by atoms with Crippen LogP contribution in [0.2, 0.25) is 5.02 Å². The molecule has 1 N–H and O–H groups in total. The van der Waals surface area contributed by atoms with Crippen molar-refractivity contribution in [3.8, 4) is 0 Å². The molecule has 0 radical (unpaired) electrons. The summed E-state index contributed by atoms with van der Waals surface area (Å²) in [6, 6.07) is 14.6. The van der Waals surface area contributed by atoms with E-state index in [0.717, 1.165) is 5.56 Å². The number of hydrogen-bond acceptors (Lipinski definition) is 5. The van der Waals surface area contributed by atoms with E-state index in [4.69, 9.17) is 11.6 Å². The van der Waals surface area contributed by atoms with E-state index >= 15 is 0 Å². The van der Waals surface area contributed by atoms with Gasteiger partial charge in [0.2, 0.25) is 0 Å². The molecule has 1 aliphatic heterocycles. The second-order valence-electron chi connectivity index (χ2n) is 6.09. The molecule has 0 saturated carbocycles. The van der Waals surface area contributed by atoms with Crippen LogP contribution in [0.1, 0.15) is 5.56 Å². The number of sulfone groups is 2. The molecule has 1 saturated heterocycles. The summed E-state index contributed by atoms with van der Waals surface area (Å²) in [4.78, 5) is 0.0884. The molecule has 134 valence electrons. The van der Waals surface area contributed by atoms with Crippen molar-refractivity contribution in [3.05, 3.63) is 65.2 Å². The smallest absolute Gasteiger partial charge is 0.183 e. The van der Waals surface area contributed by atoms with E-state index in [9.17, 15) is 16.8 Å². The number of halogens is 1. The Morgan fingerprint density at radius 2 is 1.64 bits per heavy atom. The van der Waals surface area contributed by atoms with Crippen LogP contribution in [0.25, 0.3) is 0 Å². The third-order valence-corrected chi connectivity index (χ3v) is 8.67. The topological polar surface area (TPSA) is 80.3 Å². The predicted molar refractivity (Wildman–Crippen MR) is 98.1 cm³/mol. The summed E-state index contributed by atoms with van der Waals surface area (Å²) in [5.41, 5.74) is 0.967. The van der Waals surface area contributed by atoms with Crippen molar-refractivity contribution in [2.24, 2.45) is 0 Å². The summed E-state index contributed by atoms with van der Waals surface area (Å²) in [5, 5.41) is 2.52. The third-order valence-electron chi connectivity index (χ3n) is 4.25. The predicted octanol–water partition coefficient (Wildman–Crippen LogP) is 2.07. The Hall–Kier alpha value is -1.41.